The number of hydrogen-bond donors (Lipinski definition) is 3. The zero-order valence-electron chi connectivity index (χ0n) is 13.4. The molecular weight excluding hydrogens is 381 g/mol. The van der Waals surface area contributed by atoms with Gasteiger partial charge in [0.25, 0.3) is 0 Å². The van der Waals surface area contributed by atoms with Crippen LogP contribution in [0.2, 0.25) is 10.0 Å². The Morgan fingerprint density at radius 3 is 2.52 bits per heavy atom. The van der Waals surface area contributed by atoms with Crippen LogP contribution in [0, 0.1) is 0 Å². The number of benzene rings is 2. The van der Waals surface area contributed by atoms with E-state index in [1.165, 1.54) is 0 Å². The van der Waals surface area contributed by atoms with Crippen LogP contribution in [0.15, 0.2) is 42.5 Å². The predicted molar refractivity (Wildman–Crippen MR) is 107 cm³/mol. The zero-order valence-corrected chi connectivity index (χ0v) is 15.8. The van der Waals surface area contributed by atoms with E-state index in [4.69, 9.17) is 40.2 Å². The van der Waals surface area contributed by atoms with Gasteiger partial charge in [-0.15, -0.1) is 0 Å². The molecule has 132 valence electrons. The number of nitrogens with one attached hydrogen (secondary N) is 3. The van der Waals surface area contributed by atoms with Crippen LogP contribution in [-0.4, -0.2) is 24.2 Å². The van der Waals surface area contributed by atoms with Gasteiger partial charge in [0.15, 0.2) is 5.11 Å². The number of carbonyl (C=O) groups excluding carboxylic acids is 1. The Balaban J connectivity index is 1.80. The molecule has 25 heavy (non-hydrogen) atoms. The van der Waals surface area contributed by atoms with Crippen LogP contribution < -0.4 is 20.7 Å². The molecule has 2 aromatic carbocycles. The lowest BCUT2D eigenvalue weighted by molar-refractivity contribution is -0.115. The second-order valence-corrected chi connectivity index (χ2v) is 6.19. The molecule has 0 atom stereocenters. The average Bonchev–Trinajstić information content (AvgIpc) is 2.58. The number of anilines is 2. The number of carbonyl (C=O) groups is 1. The van der Waals surface area contributed by atoms with Gasteiger partial charge in [0, 0.05) is 10.7 Å². The molecule has 0 saturated heterocycles. The topological polar surface area (TPSA) is 62.4 Å². The largest absolute Gasteiger partial charge is 0.494 e. The van der Waals surface area contributed by atoms with E-state index in [1.807, 2.05) is 31.2 Å². The van der Waals surface area contributed by atoms with E-state index >= 15 is 0 Å². The molecule has 8 heteroatoms. The smallest absolute Gasteiger partial charge is 0.243 e. The Morgan fingerprint density at radius 2 is 1.84 bits per heavy atom. The number of hydrogen-bond acceptors (Lipinski definition) is 3. The van der Waals surface area contributed by atoms with Crippen LogP contribution in [0.4, 0.5) is 11.4 Å². The summed E-state index contributed by atoms with van der Waals surface area (Å²) in [6.45, 7) is 2.52. The summed E-state index contributed by atoms with van der Waals surface area (Å²) in [6, 6.07) is 12.2. The fourth-order valence-corrected chi connectivity index (χ4v) is 2.45. The minimum absolute atomic E-state index is 0.00823. The normalized spacial score (nSPS) is 10.0. The number of rotatable bonds is 6. The van der Waals surface area contributed by atoms with Gasteiger partial charge in [0.1, 0.15) is 5.75 Å². The molecule has 0 aromatic heterocycles. The molecule has 0 unspecified atom stereocenters. The molecule has 1 amide bonds. The van der Waals surface area contributed by atoms with Gasteiger partial charge < -0.3 is 20.7 Å². The molecule has 0 heterocycles. The van der Waals surface area contributed by atoms with E-state index in [9.17, 15) is 4.79 Å². The van der Waals surface area contributed by atoms with Crippen LogP contribution in [0.5, 0.6) is 5.75 Å². The molecule has 0 fully saturated rings. The molecule has 0 saturated carbocycles. The number of amides is 1. The van der Waals surface area contributed by atoms with Gasteiger partial charge in [-0.25, -0.2) is 0 Å². The predicted octanol–water partition coefficient (Wildman–Crippen LogP) is 4.32. The lowest BCUT2D eigenvalue weighted by atomic mass is 10.3. The number of thiocarbonyl (C=S) groups is 1. The summed E-state index contributed by atoms with van der Waals surface area (Å²) in [5, 5.41) is 9.71. The third-order valence-electron chi connectivity index (χ3n) is 3.04. The SMILES string of the molecule is CCOc1ccc(NC(=S)NCC(=O)Nc2cc(Cl)ccc2Cl)cc1. The molecule has 2 rings (SSSR count). The van der Waals surface area contributed by atoms with E-state index in [0.717, 1.165) is 11.4 Å². The lowest BCUT2D eigenvalue weighted by Crippen LogP contribution is -2.35. The molecule has 5 nitrogen and oxygen atoms in total. The van der Waals surface area contributed by atoms with Gasteiger partial charge in [0.2, 0.25) is 5.91 Å². The molecule has 0 aliphatic carbocycles. The minimum atomic E-state index is -0.292. The second-order valence-electron chi connectivity index (χ2n) is 4.94. The summed E-state index contributed by atoms with van der Waals surface area (Å²) in [5.41, 5.74) is 1.24. The van der Waals surface area contributed by atoms with Crippen molar-refractivity contribution in [2.45, 2.75) is 6.92 Å². The van der Waals surface area contributed by atoms with E-state index in [-0.39, 0.29) is 12.5 Å². The Kier molecular flexibility index (Phi) is 7.31. The molecule has 0 aliphatic rings. The Labute approximate surface area is 161 Å². The molecule has 0 radical (unpaired) electrons. The van der Waals surface area contributed by atoms with E-state index in [0.29, 0.717) is 27.5 Å². The van der Waals surface area contributed by atoms with Crippen LogP contribution in [0.25, 0.3) is 0 Å². The molecule has 0 aliphatic heterocycles. The first-order valence-corrected chi connectivity index (χ1v) is 8.67. The Bertz CT molecular complexity index is 754. The molecule has 3 N–H and O–H groups in total. The highest BCUT2D eigenvalue weighted by Crippen LogP contribution is 2.25. The summed E-state index contributed by atoms with van der Waals surface area (Å²) in [6.07, 6.45) is 0. The quantitative estimate of drug-likeness (QED) is 0.633. The highest BCUT2D eigenvalue weighted by atomic mass is 35.5. The van der Waals surface area contributed by atoms with Crippen molar-refractivity contribution in [2.75, 3.05) is 23.8 Å². The lowest BCUT2D eigenvalue weighted by Gasteiger charge is -2.12. The molecule has 0 spiro atoms. The highest BCUT2D eigenvalue weighted by Gasteiger charge is 2.07. The monoisotopic (exact) mass is 397 g/mol. The third-order valence-corrected chi connectivity index (χ3v) is 3.85. The highest BCUT2D eigenvalue weighted by molar-refractivity contribution is 7.80. The van der Waals surface area contributed by atoms with E-state index in [1.54, 1.807) is 18.2 Å². The van der Waals surface area contributed by atoms with Gasteiger partial charge in [-0.2, -0.15) is 0 Å². The van der Waals surface area contributed by atoms with Crippen molar-refractivity contribution in [3.05, 3.63) is 52.5 Å². The van der Waals surface area contributed by atoms with Crippen molar-refractivity contribution in [2.24, 2.45) is 0 Å². The maximum absolute atomic E-state index is 12.0. The number of halogens is 2. The first kappa shape index (κ1) is 19.3. The van der Waals surface area contributed by atoms with Crippen molar-refractivity contribution in [3.63, 3.8) is 0 Å². The molecular formula is C17H17Cl2N3O2S. The fourth-order valence-electron chi connectivity index (χ4n) is 1.92. The van der Waals surface area contributed by atoms with Crippen LogP contribution in [0.1, 0.15) is 6.92 Å². The van der Waals surface area contributed by atoms with Crippen molar-refractivity contribution in [1.29, 1.82) is 0 Å². The van der Waals surface area contributed by atoms with Crippen molar-refractivity contribution in [3.8, 4) is 5.75 Å². The van der Waals surface area contributed by atoms with Gasteiger partial charge in [-0.05, 0) is 61.6 Å². The summed E-state index contributed by atoms with van der Waals surface area (Å²) < 4.78 is 5.37. The summed E-state index contributed by atoms with van der Waals surface area (Å²) in [7, 11) is 0. The van der Waals surface area contributed by atoms with Crippen molar-refractivity contribution < 1.29 is 9.53 Å². The van der Waals surface area contributed by atoms with Crippen molar-refractivity contribution in [1.82, 2.24) is 5.32 Å². The number of ether oxygens (including phenoxy) is 1. The Morgan fingerprint density at radius 1 is 1.12 bits per heavy atom. The van der Waals surface area contributed by atoms with Gasteiger partial charge in [-0.3, -0.25) is 4.79 Å². The van der Waals surface area contributed by atoms with Crippen molar-refractivity contribution >= 4 is 57.8 Å². The second kappa shape index (κ2) is 9.46. The van der Waals surface area contributed by atoms with Gasteiger partial charge in [0.05, 0.1) is 23.9 Å². The summed E-state index contributed by atoms with van der Waals surface area (Å²) >= 11 is 17.1. The van der Waals surface area contributed by atoms with Gasteiger partial charge >= 0.3 is 0 Å². The first-order valence-electron chi connectivity index (χ1n) is 7.50. The maximum Gasteiger partial charge on any atom is 0.243 e. The molecule has 2 aromatic rings. The van der Waals surface area contributed by atoms with Gasteiger partial charge in [-0.1, -0.05) is 23.2 Å². The standard InChI is InChI=1S/C17H17Cl2N3O2S/c1-2-24-13-6-4-12(5-7-13)21-17(25)20-10-16(23)22-15-9-11(18)3-8-14(15)19/h3-9H,2,10H2,1H3,(H,22,23)(H2,20,21,25). The summed E-state index contributed by atoms with van der Waals surface area (Å²) in [5.74, 6) is 0.490. The zero-order chi connectivity index (χ0) is 18.2. The van der Waals surface area contributed by atoms with Crippen LogP contribution >= 0.6 is 35.4 Å². The third kappa shape index (κ3) is 6.42. The molecule has 0 bridgehead atoms. The fraction of sp³-hybridized carbons (Fsp3) is 0.176. The Hall–Kier alpha value is -2.02. The summed E-state index contributed by atoms with van der Waals surface area (Å²) in [4.78, 5) is 12.0. The average molecular weight is 398 g/mol. The maximum atomic E-state index is 12.0. The van der Waals surface area contributed by atoms with E-state index < -0.39 is 0 Å². The minimum Gasteiger partial charge on any atom is -0.494 e. The van der Waals surface area contributed by atoms with Crippen LogP contribution in [-0.2, 0) is 4.79 Å². The first-order chi connectivity index (χ1) is 12.0. The van der Waals surface area contributed by atoms with E-state index in [2.05, 4.69) is 16.0 Å². The van der Waals surface area contributed by atoms with Crippen LogP contribution in [0.3, 0.4) is 0 Å².